The molecular weight excluding hydrogens is 272 g/mol. The minimum Gasteiger partial charge on any atom is -0.458 e. The summed E-state index contributed by atoms with van der Waals surface area (Å²) in [6, 6.07) is 0. The van der Waals surface area contributed by atoms with Crippen molar-refractivity contribution in [1.82, 2.24) is 0 Å². The Hall–Kier alpha value is -1.31. The van der Waals surface area contributed by atoms with Crippen LogP contribution < -0.4 is 0 Å². The Morgan fingerprint density at radius 1 is 1.41 bits per heavy atom. The van der Waals surface area contributed by atoms with E-state index in [-0.39, 0.29) is 5.97 Å². The zero-order valence-electron chi connectivity index (χ0n) is 14.6. The number of ether oxygens (including phenoxy) is 1. The van der Waals surface area contributed by atoms with Crippen LogP contribution in [0.25, 0.3) is 0 Å². The van der Waals surface area contributed by atoms with Crippen LogP contribution in [-0.2, 0) is 9.53 Å². The molecule has 2 atom stereocenters. The van der Waals surface area contributed by atoms with E-state index < -0.39 is 0 Å². The molecule has 0 saturated heterocycles. The highest BCUT2D eigenvalue weighted by atomic mass is 16.5. The van der Waals surface area contributed by atoms with E-state index in [0.717, 1.165) is 44.1 Å². The molecule has 0 saturated carbocycles. The maximum absolute atomic E-state index is 12.3. The molecule has 0 aromatic carbocycles. The zero-order valence-corrected chi connectivity index (χ0v) is 14.6. The first kappa shape index (κ1) is 17.1. The molecule has 2 heteroatoms. The first-order valence-electron chi connectivity index (χ1n) is 8.67. The molecular formula is C20H30O2. The normalized spacial score (nSPS) is 23.7. The van der Waals surface area contributed by atoms with E-state index in [2.05, 4.69) is 39.8 Å². The van der Waals surface area contributed by atoms with Gasteiger partial charge in [-0.3, -0.25) is 0 Å². The molecule has 0 aromatic heterocycles. The molecule has 0 spiro atoms. The Labute approximate surface area is 135 Å². The third-order valence-corrected chi connectivity index (χ3v) is 5.00. The van der Waals surface area contributed by atoms with Gasteiger partial charge in [0.25, 0.3) is 0 Å². The average Bonchev–Trinajstić information content (AvgIpc) is 2.83. The van der Waals surface area contributed by atoms with Crippen molar-refractivity contribution in [3.8, 4) is 0 Å². The highest BCUT2D eigenvalue weighted by Crippen LogP contribution is 2.37. The van der Waals surface area contributed by atoms with Crippen LogP contribution >= 0.6 is 0 Å². The maximum atomic E-state index is 12.3. The molecule has 122 valence electrons. The Morgan fingerprint density at radius 3 is 2.91 bits per heavy atom. The molecule has 1 aliphatic heterocycles. The summed E-state index contributed by atoms with van der Waals surface area (Å²) in [5, 5.41) is 0. The number of rotatable bonds is 4. The van der Waals surface area contributed by atoms with E-state index in [1.54, 1.807) is 0 Å². The third kappa shape index (κ3) is 4.34. The minimum atomic E-state index is -0.0476. The fourth-order valence-electron chi connectivity index (χ4n) is 3.60. The zero-order chi connectivity index (χ0) is 16.1. The summed E-state index contributed by atoms with van der Waals surface area (Å²) in [7, 11) is 0. The molecule has 2 rings (SSSR count). The topological polar surface area (TPSA) is 26.3 Å². The van der Waals surface area contributed by atoms with Crippen molar-refractivity contribution in [1.29, 1.82) is 0 Å². The largest absolute Gasteiger partial charge is 0.458 e. The summed E-state index contributed by atoms with van der Waals surface area (Å²) in [4.78, 5) is 12.3. The van der Waals surface area contributed by atoms with Gasteiger partial charge in [0, 0.05) is 5.57 Å². The van der Waals surface area contributed by atoms with Gasteiger partial charge in [0.1, 0.15) is 6.61 Å². The van der Waals surface area contributed by atoms with Crippen molar-refractivity contribution in [3.05, 3.63) is 34.4 Å². The molecule has 2 aliphatic rings. The van der Waals surface area contributed by atoms with E-state index in [0.29, 0.717) is 18.4 Å². The van der Waals surface area contributed by atoms with Crippen molar-refractivity contribution in [2.75, 3.05) is 6.61 Å². The van der Waals surface area contributed by atoms with Gasteiger partial charge in [-0.05, 0) is 76.7 Å². The first-order chi connectivity index (χ1) is 10.5. The predicted molar refractivity (Wildman–Crippen MR) is 91.5 cm³/mol. The molecule has 0 amide bonds. The van der Waals surface area contributed by atoms with Crippen LogP contribution in [0, 0.1) is 11.8 Å². The summed E-state index contributed by atoms with van der Waals surface area (Å²) in [6.45, 7) is 9.34. The minimum absolute atomic E-state index is 0.0476. The molecule has 0 fully saturated rings. The Morgan fingerprint density at radius 2 is 2.18 bits per heavy atom. The fraction of sp³-hybridized carbons (Fsp3) is 0.650. The SMILES string of the molecule is CC(C)=CCC[C@@H](C)[C@H]1CCC(C)=CCCC2=C1C(=O)OC2. The van der Waals surface area contributed by atoms with Crippen molar-refractivity contribution in [2.45, 2.75) is 66.2 Å². The van der Waals surface area contributed by atoms with Crippen LogP contribution in [0.2, 0.25) is 0 Å². The van der Waals surface area contributed by atoms with Gasteiger partial charge in [-0.15, -0.1) is 0 Å². The van der Waals surface area contributed by atoms with Gasteiger partial charge in [0.05, 0.1) is 0 Å². The number of carbonyl (C=O) groups excluding carboxylic acids is 1. The van der Waals surface area contributed by atoms with Gasteiger partial charge >= 0.3 is 5.97 Å². The van der Waals surface area contributed by atoms with E-state index >= 15 is 0 Å². The Kier molecular flexibility index (Phi) is 6.05. The summed E-state index contributed by atoms with van der Waals surface area (Å²) in [6.07, 6.45) is 11.1. The molecule has 0 radical (unpaired) electrons. The second kappa shape index (κ2) is 7.80. The Balaban J connectivity index is 2.17. The van der Waals surface area contributed by atoms with Crippen LogP contribution in [0.4, 0.5) is 0 Å². The molecule has 2 nitrogen and oxygen atoms in total. The summed E-state index contributed by atoms with van der Waals surface area (Å²) >= 11 is 0. The van der Waals surface area contributed by atoms with Crippen LogP contribution in [0.3, 0.4) is 0 Å². The van der Waals surface area contributed by atoms with Gasteiger partial charge in [-0.1, -0.05) is 30.2 Å². The van der Waals surface area contributed by atoms with Gasteiger partial charge < -0.3 is 4.74 Å². The van der Waals surface area contributed by atoms with Gasteiger partial charge in [-0.2, -0.15) is 0 Å². The van der Waals surface area contributed by atoms with Crippen LogP contribution in [-0.4, -0.2) is 12.6 Å². The lowest BCUT2D eigenvalue weighted by Gasteiger charge is -2.24. The average molecular weight is 302 g/mol. The lowest BCUT2D eigenvalue weighted by molar-refractivity contribution is -0.136. The van der Waals surface area contributed by atoms with Gasteiger partial charge in [0.15, 0.2) is 0 Å². The molecule has 0 bridgehead atoms. The molecule has 0 aromatic rings. The van der Waals surface area contributed by atoms with Crippen molar-refractivity contribution >= 4 is 5.97 Å². The number of esters is 1. The van der Waals surface area contributed by atoms with Crippen molar-refractivity contribution in [3.63, 3.8) is 0 Å². The lowest BCUT2D eigenvalue weighted by Crippen LogP contribution is -2.19. The number of cyclic esters (lactones) is 1. The number of allylic oxidation sites excluding steroid dienone is 4. The predicted octanol–water partition coefficient (Wildman–Crippen LogP) is 5.36. The van der Waals surface area contributed by atoms with E-state index in [1.807, 2.05) is 0 Å². The third-order valence-electron chi connectivity index (χ3n) is 5.00. The second-order valence-electron chi connectivity index (χ2n) is 7.16. The summed E-state index contributed by atoms with van der Waals surface area (Å²) in [5.74, 6) is 0.836. The Bertz CT molecular complexity index is 504. The second-order valence-corrected chi connectivity index (χ2v) is 7.16. The molecule has 22 heavy (non-hydrogen) atoms. The number of carbonyl (C=O) groups is 1. The number of hydrogen-bond acceptors (Lipinski definition) is 2. The smallest absolute Gasteiger partial charge is 0.334 e. The molecule has 0 N–H and O–H groups in total. The highest BCUT2D eigenvalue weighted by Gasteiger charge is 2.34. The van der Waals surface area contributed by atoms with Crippen molar-refractivity contribution < 1.29 is 9.53 Å². The first-order valence-corrected chi connectivity index (χ1v) is 8.67. The van der Waals surface area contributed by atoms with Crippen LogP contribution in [0.1, 0.15) is 66.2 Å². The van der Waals surface area contributed by atoms with Crippen molar-refractivity contribution in [2.24, 2.45) is 11.8 Å². The van der Waals surface area contributed by atoms with E-state index in [9.17, 15) is 4.79 Å². The molecule has 1 aliphatic carbocycles. The highest BCUT2D eigenvalue weighted by molar-refractivity contribution is 5.92. The fourth-order valence-corrected chi connectivity index (χ4v) is 3.60. The quantitative estimate of drug-likeness (QED) is 0.516. The monoisotopic (exact) mass is 302 g/mol. The summed E-state index contributed by atoms with van der Waals surface area (Å²) < 4.78 is 5.36. The van der Waals surface area contributed by atoms with Crippen LogP contribution in [0.15, 0.2) is 34.4 Å². The molecule has 0 unspecified atom stereocenters. The summed E-state index contributed by atoms with van der Waals surface area (Å²) in [5.41, 5.74) is 5.12. The van der Waals surface area contributed by atoms with Gasteiger partial charge in [0.2, 0.25) is 0 Å². The molecule has 1 heterocycles. The lowest BCUT2D eigenvalue weighted by atomic mass is 9.79. The van der Waals surface area contributed by atoms with E-state index in [4.69, 9.17) is 4.74 Å². The standard InChI is InChI=1S/C20H30O2/c1-14(2)7-5-9-16(4)18-12-11-15(3)8-6-10-17-13-22-20(21)19(17)18/h7-8,16,18H,5-6,9-13H2,1-4H3/t16-,18-/m1/s1. The van der Waals surface area contributed by atoms with E-state index in [1.165, 1.54) is 16.7 Å². The number of hydrogen-bond donors (Lipinski definition) is 0. The maximum Gasteiger partial charge on any atom is 0.334 e. The van der Waals surface area contributed by atoms with Crippen LogP contribution in [0.5, 0.6) is 0 Å². The van der Waals surface area contributed by atoms with Gasteiger partial charge in [-0.25, -0.2) is 4.79 Å².